The topological polar surface area (TPSA) is 24.3 Å². The predicted octanol–water partition coefficient (Wildman–Crippen LogP) is 3.16. The van der Waals surface area contributed by atoms with E-state index < -0.39 is 0 Å². The van der Waals surface area contributed by atoms with Gasteiger partial charge >= 0.3 is 0 Å². The summed E-state index contributed by atoms with van der Waals surface area (Å²) in [5, 5.41) is 4.62. The van der Waals surface area contributed by atoms with Gasteiger partial charge in [-0.25, -0.2) is 4.68 Å². The first-order valence-electron chi connectivity index (χ1n) is 9.21. The van der Waals surface area contributed by atoms with Gasteiger partial charge in [-0.15, -0.1) is 0 Å². The number of hydrogen-bond donors (Lipinski definition) is 0. The van der Waals surface area contributed by atoms with Gasteiger partial charge in [0.1, 0.15) is 0 Å². The summed E-state index contributed by atoms with van der Waals surface area (Å²) < 4.78 is 2.05. The molecule has 4 rings (SSSR count). The van der Waals surface area contributed by atoms with Gasteiger partial charge < -0.3 is 0 Å². The first-order valence-corrected chi connectivity index (χ1v) is 9.21. The molecule has 1 aromatic carbocycles. The number of hydrogen-bond acceptors (Lipinski definition) is 3. The van der Waals surface area contributed by atoms with Crippen molar-refractivity contribution in [3.63, 3.8) is 0 Å². The highest BCUT2D eigenvalue weighted by Gasteiger charge is 2.34. The van der Waals surface area contributed by atoms with Crippen LogP contribution >= 0.6 is 0 Å². The molecule has 2 aromatic rings. The van der Waals surface area contributed by atoms with Gasteiger partial charge in [0.2, 0.25) is 0 Å². The quantitative estimate of drug-likeness (QED) is 0.867. The van der Waals surface area contributed by atoms with Gasteiger partial charge in [0.15, 0.2) is 0 Å². The van der Waals surface area contributed by atoms with Gasteiger partial charge in [-0.05, 0) is 63.9 Å². The van der Waals surface area contributed by atoms with Crippen LogP contribution in [0.2, 0.25) is 0 Å². The third-order valence-corrected chi connectivity index (χ3v) is 5.62. The largest absolute Gasteiger partial charge is 0.298 e. The van der Waals surface area contributed by atoms with Crippen LogP contribution in [0.15, 0.2) is 30.3 Å². The lowest BCUT2D eigenvalue weighted by Crippen LogP contribution is -2.54. The second kappa shape index (κ2) is 6.34. The zero-order valence-electron chi connectivity index (χ0n) is 15.1. The third kappa shape index (κ3) is 3.01. The average Bonchev–Trinajstić information content (AvgIpc) is 3.13. The summed E-state index contributed by atoms with van der Waals surface area (Å²) in [7, 11) is 0. The molecule has 2 aliphatic heterocycles. The Balaban J connectivity index is 1.52. The molecule has 2 fully saturated rings. The van der Waals surface area contributed by atoms with Crippen molar-refractivity contribution >= 4 is 0 Å². The molecule has 0 radical (unpaired) electrons. The molecule has 0 saturated carbocycles. The lowest BCUT2D eigenvalue weighted by atomic mass is 10.1. The highest BCUT2D eigenvalue weighted by atomic mass is 15.3. The Labute approximate surface area is 145 Å². The first kappa shape index (κ1) is 15.9. The summed E-state index contributed by atoms with van der Waals surface area (Å²) in [6.07, 6.45) is 2.74. The van der Waals surface area contributed by atoms with Crippen molar-refractivity contribution in [2.45, 2.75) is 52.2 Å². The van der Waals surface area contributed by atoms with Crippen LogP contribution in [-0.2, 0) is 6.54 Å². The maximum absolute atomic E-state index is 4.62. The van der Waals surface area contributed by atoms with Gasteiger partial charge in [0, 0.05) is 37.4 Å². The number of piperazine rings is 1. The monoisotopic (exact) mass is 324 g/mol. The lowest BCUT2D eigenvalue weighted by Gasteiger charge is -2.42. The van der Waals surface area contributed by atoms with Crippen LogP contribution < -0.4 is 0 Å². The minimum absolute atomic E-state index is 0.636. The van der Waals surface area contributed by atoms with Crippen molar-refractivity contribution in [3.8, 4) is 5.69 Å². The Hall–Kier alpha value is -1.65. The number of rotatable bonds is 3. The van der Waals surface area contributed by atoms with Gasteiger partial charge in [-0.1, -0.05) is 12.1 Å². The lowest BCUT2D eigenvalue weighted by molar-refractivity contribution is 0.0540. The van der Waals surface area contributed by atoms with Crippen LogP contribution in [0.3, 0.4) is 0 Å². The Bertz CT molecular complexity index is 720. The van der Waals surface area contributed by atoms with Crippen LogP contribution in [0.5, 0.6) is 0 Å². The molecule has 2 aliphatic rings. The second-order valence-electron chi connectivity index (χ2n) is 7.58. The number of aryl methyl sites for hydroxylation is 2. The molecule has 0 aliphatic carbocycles. The van der Waals surface area contributed by atoms with Crippen LogP contribution in [0.1, 0.15) is 36.7 Å². The van der Waals surface area contributed by atoms with Gasteiger partial charge in [0.05, 0.1) is 11.4 Å². The molecule has 4 nitrogen and oxygen atoms in total. The van der Waals surface area contributed by atoms with E-state index in [0.717, 1.165) is 18.3 Å². The molecule has 24 heavy (non-hydrogen) atoms. The molecule has 0 amide bonds. The molecule has 1 aromatic heterocycles. The fourth-order valence-corrected chi connectivity index (χ4v) is 4.38. The van der Waals surface area contributed by atoms with Crippen LogP contribution in [0, 0.1) is 13.8 Å². The normalized spacial score (nSPS) is 25.1. The van der Waals surface area contributed by atoms with E-state index in [1.54, 1.807) is 0 Å². The summed E-state index contributed by atoms with van der Waals surface area (Å²) in [4.78, 5) is 5.35. The second-order valence-corrected chi connectivity index (χ2v) is 7.58. The zero-order valence-corrected chi connectivity index (χ0v) is 15.1. The third-order valence-electron chi connectivity index (χ3n) is 5.62. The predicted molar refractivity (Wildman–Crippen MR) is 97.5 cm³/mol. The van der Waals surface area contributed by atoms with E-state index in [1.165, 1.54) is 49.4 Å². The molecule has 0 bridgehead atoms. The van der Waals surface area contributed by atoms with Crippen LogP contribution in [0.25, 0.3) is 5.69 Å². The maximum Gasteiger partial charge on any atom is 0.0651 e. The highest BCUT2D eigenvalue weighted by Crippen LogP contribution is 2.26. The van der Waals surface area contributed by atoms with Crippen molar-refractivity contribution in [3.05, 3.63) is 47.3 Å². The van der Waals surface area contributed by atoms with Crippen LogP contribution in [0.4, 0.5) is 0 Å². The average molecular weight is 324 g/mol. The molecular formula is C20H28N4. The minimum Gasteiger partial charge on any atom is -0.298 e. The molecular weight excluding hydrogens is 296 g/mol. The molecule has 2 atom stereocenters. The van der Waals surface area contributed by atoms with Crippen molar-refractivity contribution in [2.75, 3.05) is 19.6 Å². The molecule has 4 heteroatoms. The molecule has 128 valence electrons. The van der Waals surface area contributed by atoms with Gasteiger partial charge in [0.25, 0.3) is 0 Å². The van der Waals surface area contributed by atoms with E-state index in [2.05, 4.69) is 70.7 Å². The van der Waals surface area contributed by atoms with E-state index in [9.17, 15) is 0 Å². The first-order chi connectivity index (χ1) is 11.6. The van der Waals surface area contributed by atoms with Crippen molar-refractivity contribution in [1.82, 2.24) is 19.6 Å². The van der Waals surface area contributed by atoms with Crippen molar-refractivity contribution in [1.29, 1.82) is 0 Å². The summed E-state index contributed by atoms with van der Waals surface area (Å²) >= 11 is 0. The summed E-state index contributed by atoms with van der Waals surface area (Å²) in [6.45, 7) is 11.3. The standard InChI is InChI=1S/C20H28N4/c1-15-10-16(2)24(21-15)19-7-4-6-18(11-19)13-23-14-20-8-5-9-22(20)12-17(23)3/h4,6-7,10-11,17,20H,5,8-9,12-14H2,1-3H3/t17-,20-/m0/s1. The molecule has 2 saturated heterocycles. The molecule has 0 N–H and O–H groups in total. The number of aromatic nitrogens is 2. The number of nitrogens with zero attached hydrogens (tertiary/aromatic N) is 4. The fraction of sp³-hybridized carbons (Fsp3) is 0.550. The zero-order chi connectivity index (χ0) is 16.7. The maximum atomic E-state index is 4.62. The number of fused-ring (bicyclic) bond motifs is 1. The smallest absolute Gasteiger partial charge is 0.0651 e. The molecule has 3 heterocycles. The number of benzene rings is 1. The Morgan fingerprint density at radius 2 is 2.04 bits per heavy atom. The van der Waals surface area contributed by atoms with E-state index in [1.807, 2.05) is 0 Å². The highest BCUT2D eigenvalue weighted by molar-refractivity contribution is 5.37. The Morgan fingerprint density at radius 3 is 2.83 bits per heavy atom. The van der Waals surface area contributed by atoms with Gasteiger partial charge in [-0.2, -0.15) is 5.10 Å². The molecule has 0 spiro atoms. The van der Waals surface area contributed by atoms with Gasteiger partial charge in [-0.3, -0.25) is 9.80 Å². The van der Waals surface area contributed by atoms with E-state index in [-0.39, 0.29) is 0 Å². The summed E-state index contributed by atoms with van der Waals surface area (Å²) in [6, 6.07) is 12.4. The Kier molecular flexibility index (Phi) is 4.19. The fourth-order valence-electron chi connectivity index (χ4n) is 4.38. The SMILES string of the molecule is Cc1cc(C)n(-c2cccc(CN3C[C@@H]4CCCN4C[C@@H]3C)c2)n1. The van der Waals surface area contributed by atoms with E-state index in [4.69, 9.17) is 0 Å². The minimum atomic E-state index is 0.636. The van der Waals surface area contributed by atoms with Crippen molar-refractivity contribution in [2.24, 2.45) is 0 Å². The van der Waals surface area contributed by atoms with E-state index >= 15 is 0 Å². The summed E-state index contributed by atoms with van der Waals surface area (Å²) in [5.41, 5.74) is 4.82. The molecule has 0 unspecified atom stereocenters. The van der Waals surface area contributed by atoms with Crippen molar-refractivity contribution < 1.29 is 0 Å². The van der Waals surface area contributed by atoms with Crippen LogP contribution in [-0.4, -0.2) is 51.3 Å². The van der Waals surface area contributed by atoms with E-state index in [0.29, 0.717) is 6.04 Å². The Morgan fingerprint density at radius 1 is 1.17 bits per heavy atom. The summed E-state index contributed by atoms with van der Waals surface area (Å²) in [5.74, 6) is 0.